The third kappa shape index (κ3) is 3.41. The van der Waals surface area contributed by atoms with E-state index in [-0.39, 0.29) is 10.6 Å². The van der Waals surface area contributed by atoms with Crippen LogP contribution in [0.15, 0.2) is 23.1 Å². The van der Waals surface area contributed by atoms with Crippen molar-refractivity contribution in [2.45, 2.75) is 11.1 Å². The van der Waals surface area contributed by atoms with Gasteiger partial charge in [0.25, 0.3) is 0 Å². The number of ether oxygens (including phenoxy) is 1. The maximum atomic E-state index is 12.0. The normalized spacial score (nSPS) is 13.5. The van der Waals surface area contributed by atoms with Crippen LogP contribution in [-0.2, 0) is 10.8 Å². The van der Waals surface area contributed by atoms with Crippen LogP contribution >= 0.6 is 0 Å². The first-order valence-corrected chi connectivity index (χ1v) is 5.54. The highest BCUT2D eigenvalue weighted by Gasteiger charge is 2.31. The van der Waals surface area contributed by atoms with Gasteiger partial charge in [-0.25, -0.2) is 0 Å². The number of rotatable bonds is 3. The van der Waals surface area contributed by atoms with Gasteiger partial charge in [0.15, 0.2) is 0 Å². The lowest BCUT2D eigenvalue weighted by Crippen LogP contribution is -2.19. The molecule has 0 aliphatic heterocycles. The van der Waals surface area contributed by atoms with Crippen molar-refractivity contribution in [3.05, 3.63) is 18.2 Å². The second-order valence-corrected chi connectivity index (χ2v) is 4.43. The number of methoxy groups -OCH3 is 1. The Morgan fingerprint density at radius 2 is 2.06 bits per heavy atom. The SMILES string of the molecule is COc1ccc(N)c(S(=O)CC(F)(F)F)c1. The van der Waals surface area contributed by atoms with Crippen molar-refractivity contribution in [1.82, 2.24) is 0 Å². The Balaban J connectivity index is 2.98. The second kappa shape index (κ2) is 4.73. The molecule has 90 valence electrons. The highest BCUT2D eigenvalue weighted by Crippen LogP contribution is 2.26. The topological polar surface area (TPSA) is 52.3 Å². The standard InChI is InChI=1S/C9H10F3NO2S/c1-15-6-2-3-7(13)8(4-6)16(14)5-9(10,11)12/h2-4H,5,13H2,1H3. The number of benzene rings is 1. The molecule has 0 aromatic heterocycles. The molecule has 0 aliphatic rings. The van der Waals surface area contributed by atoms with Crippen LogP contribution in [0.25, 0.3) is 0 Å². The number of nitrogen functional groups attached to an aromatic ring is 1. The average molecular weight is 253 g/mol. The summed E-state index contributed by atoms with van der Waals surface area (Å²) in [5.41, 5.74) is 5.51. The number of halogens is 3. The van der Waals surface area contributed by atoms with E-state index in [1.807, 2.05) is 0 Å². The van der Waals surface area contributed by atoms with E-state index in [1.54, 1.807) is 0 Å². The van der Waals surface area contributed by atoms with E-state index in [1.165, 1.54) is 25.3 Å². The van der Waals surface area contributed by atoms with Crippen molar-refractivity contribution in [3.8, 4) is 5.75 Å². The lowest BCUT2D eigenvalue weighted by molar-refractivity contribution is -0.105. The minimum absolute atomic E-state index is 0.0586. The van der Waals surface area contributed by atoms with Crippen LogP contribution in [0.5, 0.6) is 5.75 Å². The number of anilines is 1. The molecule has 1 unspecified atom stereocenters. The lowest BCUT2D eigenvalue weighted by atomic mass is 10.3. The molecule has 0 saturated heterocycles. The fourth-order valence-electron chi connectivity index (χ4n) is 1.07. The summed E-state index contributed by atoms with van der Waals surface area (Å²) in [5.74, 6) is -1.09. The first-order chi connectivity index (χ1) is 7.33. The summed E-state index contributed by atoms with van der Waals surface area (Å²) in [6.45, 7) is 0. The summed E-state index contributed by atoms with van der Waals surface area (Å²) in [4.78, 5) is -0.0586. The molecule has 1 atom stereocenters. The number of hydrogen-bond donors (Lipinski definition) is 1. The first kappa shape index (κ1) is 12.8. The fraction of sp³-hybridized carbons (Fsp3) is 0.333. The average Bonchev–Trinajstić information content (AvgIpc) is 2.15. The van der Waals surface area contributed by atoms with Crippen molar-refractivity contribution < 1.29 is 22.1 Å². The van der Waals surface area contributed by atoms with Gasteiger partial charge in [-0.15, -0.1) is 0 Å². The van der Waals surface area contributed by atoms with Crippen molar-refractivity contribution in [2.24, 2.45) is 0 Å². The van der Waals surface area contributed by atoms with Crippen molar-refractivity contribution in [2.75, 3.05) is 18.6 Å². The molecule has 1 rings (SSSR count). The zero-order valence-corrected chi connectivity index (χ0v) is 9.19. The van der Waals surface area contributed by atoms with E-state index in [2.05, 4.69) is 0 Å². The Morgan fingerprint density at radius 1 is 1.44 bits per heavy atom. The van der Waals surface area contributed by atoms with Gasteiger partial charge in [0.1, 0.15) is 11.5 Å². The predicted octanol–water partition coefficient (Wildman–Crippen LogP) is 1.95. The molecule has 0 spiro atoms. The predicted molar refractivity (Wildman–Crippen MR) is 54.7 cm³/mol. The minimum atomic E-state index is -4.49. The largest absolute Gasteiger partial charge is 0.497 e. The Bertz CT molecular complexity index is 406. The molecule has 1 aromatic rings. The van der Waals surface area contributed by atoms with Crippen LogP contribution in [0.1, 0.15) is 0 Å². The second-order valence-electron chi connectivity index (χ2n) is 3.01. The van der Waals surface area contributed by atoms with Gasteiger partial charge in [-0.3, -0.25) is 4.21 Å². The zero-order chi connectivity index (χ0) is 12.3. The molecule has 0 aliphatic carbocycles. The van der Waals surface area contributed by atoms with Crippen molar-refractivity contribution >= 4 is 16.5 Å². The van der Waals surface area contributed by atoms with Crippen LogP contribution in [0.3, 0.4) is 0 Å². The Hall–Kier alpha value is -1.24. The summed E-state index contributed by atoms with van der Waals surface area (Å²) in [7, 11) is -0.843. The zero-order valence-electron chi connectivity index (χ0n) is 8.38. The van der Waals surface area contributed by atoms with Crippen LogP contribution in [0, 0.1) is 0 Å². The Morgan fingerprint density at radius 3 is 2.56 bits per heavy atom. The maximum Gasteiger partial charge on any atom is 0.400 e. The molecule has 0 bridgehead atoms. The van der Waals surface area contributed by atoms with Crippen LogP contribution in [0.2, 0.25) is 0 Å². The maximum absolute atomic E-state index is 12.0. The van der Waals surface area contributed by atoms with E-state index >= 15 is 0 Å². The molecule has 0 fully saturated rings. The number of nitrogens with two attached hydrogens (primary N) is 1. The quantitative estimate of drug-likeness (QED) is 0.838. The van der Waals surface area contributed by atoms with E-state index in [0.29, 0.717) is 5.75 Å². The van der Waals surface area contributed by atoms with Gasteiger partial charge in [0, 0.05) is 5.69 Å². The van der Waals surface area contributed by atoms with Gasteiger partial charge in [-0.2, -0.15) is 13.2 Å². The van der Waals surface area contributed by atoms with Gasteiger partial charge in [0.2, 0.25) is 0 Å². The van der Waals surface area contributed by atoms with E-state index in [9.17, 15) is 17.4 Å². The molecule has 1 aromatic carbocycles. The summed E-state index contributed by atoms with van der Waals surface area (Å²) in [6, 6.07) is 4.10. The summed E-state index contributed by atoms with van der Waals surface area (Å²) < 4.78 is 52.3. The van der Waals surface area contributed by atoms with Gasteiger partial charge in [-0.05, 0) is 18.2 Å². The third-order valence-corrected chi connectivity index (χ3v) is 3.19. The highest BCUT2D eigenvalue weighted by atomic mass is 32.2. The monoisotopic (exact) mass is 253 g/mol. The van der Waals surface area contributed by atoms with Gasteiger partial charge in [0.05, 0.1) is 22.8 Å². The molecular formula is C9H10F3NO2S. The molecule has 2 N–H and O–H groups in total. The summed E-state index contributed by atoms with van der Waals surface area (Å²) in [6.07, 6.45) is -4.49. The van der Waals surface area contributed by atoms with Gasteiger partial charge in [-0.1, -0.05) is 0 Å². The minimum Gasteiger partial charge on any atom is -0.497 e. The van der Waals surface area contributed by atoms with E-state index in [4.69, 9.17) is 10.5 Å². The molecule has 16 heavy (non-hydrogen) atoms. The third-order valence-electron chi connectivity index (χ3n) is 1.76. The Labute approximate surface area is 92.9 Å². The number of alkyl halides is 3. The molecule has 0 radical (unpaired) electrons. The van der Waals surface area contributed by atoms with Crippen LogP contribution in [0.4, 0.5) is 18.9 Å². The molecule has 0 saturated carbocycles. The summed E-state index contributed by atoms with van der Waals surface area (Å²) >= 11 is 0. The molecule has 7 heteroatoms. The number of hydrogen-bond acceptors (Lipinski definition) is 3. The van der Waals surface area contributed by atoms with Crippen molar-refractivity contribution in [1.29, 1.82) is 0 Å². The fourth-order valence-corrected chi connectivity index (χ4v) is 2.10. The molecule has 0 heterocycles. The van der Waals surface area contributed by atoms with Crippen LogP contribution < -0.4 is 10.5 Å². The first-order valence-electron chi connectivity index (χ1n) is 4.22. The van der Waals surface area contributed by atoms with E-state index in [0.717, 1.165) is 0 Å². The molecule has 0 amide bonds. The molecular weight excluding hydrogens is 243 g/mol. The van der Waals surface area contributed by atoms with Gasteiger partial charge < -0.3 is 10.5 Å². The molecule has 3 nitrogen and oxygen atoms in total. The van der Waals surface area contributed by atoms with Crippen LogP contribution in [-0.4, -0.2) is 23.2 Å². The Kier molecular flexibility index (Phi) is 3.79. The smallest absolute Gasteiger partial charge is 0.400 e. The summed E-state index contributed by atoms with van der Waals surface area (Å²) in [5, 5.41) is 0. The van der Waals surface area contributed by atoms with Crippen molar-refractivity contribution in [3.63, 3.8) is 0 Å². The highest BCUT2D eigenvalue weighted by molar-refractivity contribution is 7.85. The lowest BCUT2D eigenvalue weighted by Gasteiger charge is -2.09. The van der Waals surface area contributed by atoms with Gasteiger partial charge >= 0.3 is 6.18 Å². The van der Waals surface area contributed by atoms with E-state index < -0.39 is 22.7 Å².